The fraction of sp³-hybridized carbons (Fsp3) is 0.571. The number of aryl methyl sites for hydroxylation is 1. The summed E-state index contributed by atoms with van der Waals surface area (Å²) in [7, 11) is -3.44. The first-order valence-electron chi connectivity index (χ1n) is 10.5. The summed E-state index contributed by atoms with van der Waals surface area (Å²) in [5.41, 5.74) is 0.592. The van der Waals surface area contributed by atoms with E-state index in [-0.39, 0.29) is 16.7 Å². The first-order chi connectivity index (χ1) is 14.3. The number of carbonyl (C=O) groups is 1. The Bertz CT molecular complexity index is 1020. The zero-order valence-corrected chi connectivity index (χ0v) is 18.3. The maximum atomic E-state index is 12.6. The Kier molecular flexibility index (Phi) is 5.81. The van der Waals surface area contributed by atoms with Crippen LogP contribution in [0.4, 0.5) is 5.95 Å². The van der Waals surface area contributed by atoms with Crippen molar-refractivity contribution in [3.63, 3.8) is 0 Å². The molecule has 0 atom stereocenters. The maximum absolute atomic E-state index is 12.6. The average molecular weight is 433 g/mol. The molecule has 4 heterocycles. The molecular formula is C21H28N4O4S. The topological polar surface area (TPSA) is 96.6 Å². The fourth-order valence-corrected chi connectivity index (χ4v) is 5.10. The quantitative estimate of drug-likeness (QED) is 0.733. The van der Waals surface area contributed by atoms with Crippen molar-refractivity contribution in [2.75, 3.05) is 37.3 Å². The van der Waals surface area contributed by atoms with Crippen LogP contribution in [0.1, 0.15) is 60.0 Å². The van der Waals surface area contributed by atoms with Crippen LogP contribution in [0.5, 0.6) is 0 Å². The van der Waals surface area contributed by atoms with Crippen molar-refractivity contribution in [1.29, 1.82) is 0 Å². The van der Waals surface area contributed by atoms with Gasteiger partial charge in [-0.3, -0.25) is 4.79 Å². The van der Waals surface area contributed by atoms with Gasteiger partial charge in [-0.1, -0.05) is 0 Å². The lowest BCUT2D eigenvalue weighted by molar-refractivity contribution is 0.0677. The molecular weight excluding hydrogens is 404 g/mol. The molecule has 4 rings (SSSR count). The Morgan fingerprint density at radius 3 is 2.40 bits per heavy atom. The minimum Gasteiger partial charge on any atom is -0.456 e. The largest absolute Gasteiger partial charge is 0.456 e. The highest BCUT2D eigenvalue weighted by Gasteiger charge is 2.31. The predicted molar refractivity (Wildman–Crippen MR) is 113 cm³/mol. The van der Waals surface area contributed by atoms with E-state index in [2.05, 4.69) is 9.88 Å². The number of piperidine rings is 2. The molecule has 0 spiro atoms. The van der Waals surface area contributed by atoms with Crippen LogP contribution < -0.4 is 4.90 Å². The third-order valence-corrected chi connectivity index (χ3v) is 7.04. The second-order valence-corrected chi connectivity index (χ2v) is 10.2. The Morgan fingerprint density at radius 1 is 1.10 bits per heavy atom. The van der Waals surface area contributed by atoms with E-state index in [1.165, 1.54) is 18.9 Å². The summed E-state index contributed by atoms with van der Waals surface area (Å²) >= 11 is 0. The van der Waals surface area contributed by atoms with Gasteiger partial charge in [0.25, 0.3) is 5.91 Å². The van der Waals surface area contributed by atoms with E-state index in [0.717, 1.165) is 25.9 Å². The van der Waals surface area contributed by atoms with E-state index in [9.17, 15) is 13.2 Å². The monoisotopic (exact) mass is 432 g/mol. The summed E-state index contributed by atoms with van der Waals surface area (Å²) in [6.07, 6.45) is 7.37. The van der Waals surface area contributed by atoms with Gasteiger partial charge >= 0.3 is 0 Å². The summed E-state index contributed by atoms with van der Waals surface area (Å²) in [5.74, 6) is 1.52. The zero-order chi connectivity index (χ0) is 21.3. The van der Waals surface area contributed by atoms with Gasteiger partial charge in [-0.2, -0.15) is 0 Å². The number of hydrogen-bond acceptors (Lipinski definition) is 7. The Labute approximate surface area is 177 Å². The van der Waals surface area contributed by atoms with Gasteiger partial charge in [-0.15, -0.1) is 0 Å². The van der Waals surface area contributed by atoms with Crippen molar-refractivity contribution < 1.29 is 17.6 Å². The zero-order valence-electron chi connectivity index (χ0n) is 17.5. The summed E-state index contributed by atoms with van der Waals surface area (Å²) in [5, 5.41) is 0. The standard InChI is InChI=1S/C21H28N4O4S/c1-15-6-7-17(29-15)20(26)24-12-8-16(9-13-24)19-18(30(2,27)28)14-22-21(23-19)25-10-4-3-5-11-25/h6-7,14,16H,3-5,8-13H2,1-2H3. The predicted octanol–water partition coefficient (Wildman–Crippen LogP) is 2.79. The molecule has 0 unspecified atom stereocenters. The molecule has 0 saturated carbocycles. The Morgan fingerprint density at radius 2 is 1.80 bits per heavy atom. The van der Waals surface area contributed by atoms with Crippen LogP contribution in [0, 0.1) is 6.92 Å². The van der Waals surface area contributed by atoms with E-state index in [1.807, 2.05) is 6.92 Å². The van der Waals surface area contributed by atoms with Crippen molar-refractivity contribution in [3.05, 3.63) is 35.5 Å². The number of nitrogens with zero attached hydrogens (tertiary/aromatic N) is 4. The Balaban J connectivity index is 1.54. The number of likely N-dealkylation sites (tertiary alicyclic amines) is 1. The van der Waals surface area contributed by atoms with Crippen LogP contribution in [-0.4, -0.2) is 61.6 Å². The van der Waals surface area contributed by atoms with E-state index in [1.54, 1.807) is 17.0 Å². The van der Waals surface area contributed by atoms with Crippen molar-refractivity contribution in [1.82, 2.24) is 14.9 Å². The van der Waals surface area contributed by atoms with Crippen molar-refractivity contribution in [3.8, 4) is 0 Å². The first-order valence-corrected chi connectivity index (χ1v) is 12.4. The number of hydrogen-bond donors (Lipinski definition) is 0. The van der Waals surface area contributed by atoms with Gasteiger partial charge in [0.05, 0.1) is 11.9 Å². The van der Waals surface area contributed by atoms with Crippen LogP contribution >= 0.6 is 0 Å². The molecule has 1 amide bonds. The van der Waals surface area contributed by atoms with Crippen LogP contribution in [0.15, 0.2) is 27.6 Å². The number of amides is 1. The summed E-state index contributed by atoms with van der Waals surface area (Å²) in [4.78, 5) is 25.9. The van der Waals surface area contributed by atoms with E-state index in [0.29, 0.717) is 49.1 Å². The molecule has 2 saturated heterocycles. The van der Waals surface area contributed by atoms with Crippen molar-refractivity contribution in [2.45, 2.75) is 49.8 Å². The average Bonchev–Trinajstić information content (AvgIpc) is 3.19. The van der Waals surface area contributed by atoms with Gasteiger partial charge in [0.15, 0.2) is 15.6 Å². The number of sulfone groups is 1. The SMILES string of the molecule is Cc1ccc(C(=O)N2CCC(c3nc(N4CCCCC4)ncc3S(C)(=O)=O)CC2)o1. The number of carbonyl (C=O) groups excluding carboxylic acids is 1. The molecule has 0 N–H and O–H groups in total. The molecule has 0 aliphatic carbocycles. The highest BCUT2D eigenvalue weighted by atomic mass is 32.2. The first kappa shape index (κ1) is 20.8. The number of rotatable bonds is 4. The summed E-state index contributed by atoms with van der Waals surface area (Å²) < 4.78 is 30.2. The second-order valence-electron chi connectivity index (χ2n) is 8.22. The van der Waals surface area contributed by atoms with E-state index >= 15 is 0 Å². The molecule has 162 valence electrons. The lowest BCUT2D eigenvalue weighted by Crippen LogP contribution is -2.38. The molecule has 0 aromatic carbocycles. The lowest BCUT2D eigenvalue weighted by atomic mass is 9.93. The number of anilines is 1. The molecule has 2 aromatic heterocycles. The molecule has 0 bridgehead atoms. The van der Waals surface area contributed by atoms with Crippen molar-refractivity contribution >= 4 is 21.7 Å². The molecule has 30 heavy (non-hydrogen) atoms. The number of aromatic nitrogens is 2. The highest BCUT2D eigenvalue weighted by Crippen LogP contribution is 2.33. The van der Waals surface area contributed by atoms with Crippen LogP contribution in [0.2, 0.25) is 0 Å². The smallest absolute Gasteiger partial charge is 0.289 e. The Hall–Kier alpha value is -2.42. The summed E-state index contributed by atoms with van der Waals surface area (Å²) in [6.45, 7) is 4.68. The molecule has 9 heteroatoms. The normalized spacial score (nSPS) is 18.6. The molecule has 0 radical (unpaired) electrons. The van der Waals surface area contributed by atoms with Crippen molar-refractivity contribution in [2.24, 2.45) is 0 Å². The molecule has 8 nitrogen and oxygen atoms in total. The van der Waals surface area contributed by atoms with Gasteiger partial charge in [0.2, 0.25) is 5.95 Å². The molecule has 2 aliphatic rings. The van der Waals surface area contributed by atoms with Crippen LogP contribution in [0.25, 0.3) is 0 Å². The highest BCUT2D eigenvalue weighted by molar-refractivity contribution is 7.90. The van der Waals surface area contributed by atoms with Gasteiger partial charge in [-0.05, 0) is 51.2 Å². The summed E-state index contributed by atoms with van der Waals surface area (Å²) in [6, 6.07) is 3.47. The van der Waals surface area contributed by atoms with Gasteiger partial charge in [0.1, 0.15) is 10.7 Å². The number of furan rings is 1. The van der Waals surface area contributed by atoms with Gasteiger partial charge < -0.3 is 14.2 Å². The lowest BCUT2D eigenvalue weighted by Gasteiger charge is -2.32. The molecule has 2 fully saturated rings. The third kappa shape index (κ3) is 4.35. The van der Waals surface area contributed by atoms with Crippen LogP contribution in [0.3, 0.4) is 0 Å². The van der Waals surface area contributed by atoms with E-state index in [4.69, 9.17) is 9.40 Å². The van der Waals surface area contributed by atoms with Crippen LogP contribution in [-0.2, 0) is 9.84 Å². The van der Waals surface area contributed by atoms with Gasteiger partial charge in [0, 0.05) is 38.4 Å². The third-order valence-electron chi connectivity index (χ3n) is 5.93. The maximum Gasteiger partial charge on any atom is 0.289 e. The minimum atomic E-state index is -3.44. The van der Waals surface area contributed by atoms with E-state index < -0.39 is 9.84 Å². The molecule has 2 aromatic rings. The van der Waals surface area contributed by atoms with Gasteiger partial charge in [-0.25, -0.2) is 18.4 Å². The molecule has 2 aliphatic heterocycles. The second kappa shape index (κ2) is 8.37. The minimum absolute atomic E-state index is 0.0244. The fourth-order valence-electron chi connectivity index (χ4n) is 4.26.